The highest BCUT2D eigenvalue weighted by atomic mass is 35.5. The fourth-order valence-corrected chi connectivity index (χ4v) is 3.19. The quantitative estimate of drug-likeness (QED) is 0.695. The molecule has 2 aromatic carbocycles. The van der Waals surface area contributed by atoms with E-state index in [0.717, 1.165) is 11.8 Å². The molecule has 9 heteroatoms. The van der Waals surface area contributed by atoms with E-state index in [2.05, 4.69) is 10.6 Å². The number of amides is 3. The monoisotopic (exact) mass is 418 g/mol. The number of thioether (sulfide) groups is 1. The molecule has 0 atom stereocenters. The molecule has 0 radical (unpaired) electrons. The van der Waals surface area contributed by atoms with E-state index in [1.54, 1.807) is 49.6 Å². The maximum Gasteiger partial charge on any atom is 0.290 e. The zero-order valence-corrected chi connectivity index (χ0v) is 16.2. The molecule has 0 bridgehead atoms. The van der Waals surface area contributed by atoms with Crippen LogP contribution in [0.25, 0.3) is 6.08 Å². The molecule has 1 saturated heterocycles. The number of carbonyl (C=O) groups excluding carboxylic acids is 3. The summed E-state index contributed by atoms with van der Waals surface area (Å²) < 4.78 is 10.6. The van der Waals surface area contributed by atoms with Gasteiger partial charge in [0.25, 0.3) is 17.1 Å². The lowest BCUT2D eigenvalue weighted by molar-refractivity contribution is -0.118. The Balaban J connectivity index is 1.68. The molecule has 0 unspecified atom stereocenters. The van der Waals surface area contributed by atoms with Crippen LogP contribution in [0.1, 0.15) is 5.56 Å². The van der Waals surface area contributed by atoms with Crippen LogP contribution in [-0.4, -0.2) is 30.8 Å². The number of rotatable bonds is 6. The van der Waals surface area contributed by atoms with Gasteiger partial charge in [0.1, 0.15) is 11.5 Å². The third kappa shape index (κ3) is 5.05. The molecular formula is C19H15ClN2O5S. The zero-order valence-electron chi connectivity index (χ0n) is 14.7. The Morgan fingerprint density at radius 2 is 1.96 bits per heavy atom. The van der Waals surface area contributed by atoms with Crippen molar-refractivity contribution in [3.63, 3.8) is 0 Å². The van der Waals surface area contributed by atoms with Gasteiger partial charge in [0.05, 0.1) is 12.0 Å². The molecule has 7 nitrogen and oxygen atoms in total. The van der Waals surface area contributed by atoms with Crippen LogP contribution in [0.5, 0.6) is 11.5 Å². The average molecular weight is 419 g/mol. The van der Waals surface area contributed by atoms with E-state index >= 15 is 0 Å². The van der Waals surface area contributed by atoms with Crippen LogP contribution in [-0.2, 0) is 9.59 Å². The number of benzene rings is 2. The molecule has 1 heterocycles. The van der Waals surface area contributed by atoms with Crippen LogP contribution >= 0.6 is 23.4 Å². The van der Waals surface area contributed by atoms with Crippen LogP contribution in [0.2, 0.25) is 5.02 Å². The first-order chi connectivity index (χ1) is 13.4. The Morgan fingerprint density at radius 1 is 1.21 bits per heavy atom. The molecule has 0 aromatic heterocycles. The van der Waals surface area contributed by atoms with Crippen molar-refractivity contribution in [3.8, 4) is 11.5 Å². The standard InChI is InChI=1S/C19H15ClN2O5S/c1-26-14-5-3-13(4-6-14)21-17(23)10-27-15-7-2-12(20)8-11(15)9-16-18(24)22-19(25)28-16/h2-9H,10H2,1H3,(H,21,23)(H,22,24,25)/b16-9-. The second-order valence-electron chi connectivity index (χ2n) is 5.60. The molecular weight excluding hydrogens is 404 g/mol. The number of methoxy groups -OCH3 is 1. The third-order valence-electron chi connectivity index (χ3n) is 3.63. The Morgan fingerprint density at radius 3 is 2.61 bits per heavy atom. The smallest absolute Gasteiger partial charge is 0.290 e. The summed E-state index contributed by atoms with van der Waals surface area (Å²) in [7, 11) is 1.56. The predicted molar refractivity (Wildman–Crippen MR) is 108 cm³/mol. The molecule has 2 N–H and O–H groups in total. The summed E-state index contributed by atoms with van der Waals surface area (Å²) in [5, 5.41) is 4.87. The van der Waals surface area contributed by atoms with Crippen LogP contribution in [0.4, 0.5) is 10.5 Å². The molecule has 28 heavy (non-hydrogen) atoms. The van der Waals surface area contributed by atoms with Crippen LogP contribution < -0.4 is 20.1 Å². The summed E-state index contributed by atoms with van der Waals surface area (Å²) in [6.07, 6.45) is 1.49. The normalized spacial score (nSPS) is 14.7. The summed E-state index contributed by atoms with van der Waals surface area (Å²) in [6.45, 7) is -0.248. The molecule has 2 aromatic rings. The molecule has 144 valence electrons. The minimum absolute atomic E-state index is 0.222. The Hall–Kier alpha value is -2.97. The van der Waals surface area contributed by atoms with E-state index in [0.29, 0.717) is 27.8 Å². The zero-order chi connectivity index (χ0) is 20.1. The van der Waals surface area contributed by atoms with Crippen molar-refractivity contribution in [1.82, 2.24) is 5.32 Å². The summed E-state index contributed by atoms with van der Waals surface area (Å²) in [4.78, 5) is 35.4. The van der Waals surface area contributed by atoms with Gasteiger partial charge in [0, 0.05) is 16.3 Å². The second-order valence-corrected chi connectivity index (χ2v) is 7.05. The predicted octanol–water partition coefficient (Wildman–Crippen LogP) is 3.69. The van der Waals surface area contributed by atoms with Crippen molar-refractivity contribution in [3.05, 3.63) is 58.0 Å². The minimum Gasteiger partial charge on any atom is -0.497 e. The lowest BCUT2D eigenvalue weighted by Gasteiger charge is -2.11. The number of nitrogens with one attached hydrogen (secondary N) is 2. The SMILES string of the molecule is COc1ccc(NC(=O)COc2ccc(Cl)cc2/C=C2\SC(=O)NC2=O)cc1. The number of hydrogen-bond acceptors (Lipinski definition) is 6. The van der Waals surface area contributed by atoms with E-state index < -0.39 is 11.1 Å². The maximum absolute atomic E-state index is 12.1. The molecule has 1 aliphatic rings. The van der Waals surface area contributed by atoms with E-state index in [9.17, 15) is 14.4 Å². The topological polar surface area (TPSA) is 93.7 Å². The maximum atomic E-state index is 12.1. The first-order valence-corrected chi connectivity index (χ1v) is 9.25. The minimum atomic E-state index is -0.488. The van der Waals surface area contributed by atoms with Gasteiger partial charge in [-0.3, -0.25) is 19.7 Å². The van der Waals surface area contributed by atoms with Crippen molar-refractivity contribution in [2.45, 2.75) is 0 Å². The van der Waals surface area contributed by atoms with E-state index in [-0.39, 0.29) is 17.4 Å². The van der Waals surface area contributed by atoms with Gasteiger partial charge in [-0.05, 0) is 60.3 Å². The number of ether oxygens (including phenoxy) is 2. The molecule has 0 aliphatic carbocycles. The fraction of sp³-hybridized carbons (Fsp3) is 0.105. The third-order valence-corrected chi connectivity index (χ3v) is 4.68. The first-order valence-electron chi connectivity index (χ1n) is 8.06. The van der Waals surface area contributed by atoms with Gasteiger partial charge in [0.2, 0.25) is 0 Å². The second kappa shape index (κ2) is 8.81. The summed E-state index contributed by atoms with van der Waals surface area (Å²) in [5.41, 5.74) is 1.09. The van der Waals surface area contributed by atoms with E-state index in [4.69, 9.17) is 21.1 Å². The highest BCUT2D eigenvalue weighted by molar-refractivity contribution is 8.18. The summed E-state index contributed by atoms with van der Waals surface area (Å²) >= 11 is 6.80. The Bertz CT molecular complexity index is 959. The highest BCUT2D eigenvalue weighted by Gasteiger charge is 2.25. The van der Waals surface area contributed by atoms with Crippen molar-refractivity contribution in [1.29, 1.82) is 0 Å². The number of halogens is 1. The number of imide groups is 1. The number of hydrogen-bond donors (Lipinski definition) is 2. The van der Waals surface area contributed by atoms with Gasteiger partial charge in [-0.25, -0.2) is 0 Å². The van der Waals surface area contributed by atoms with Crippen molar-refractivity contribution >= 4 is 52.2 Å². The number of carbonyl (C=O) groups is 3. The lowest BCUT2D eigenvalue weighted by Crippen LogP contribution is -2.20. The fourth-order valence-electron chi connectivity index (χ4n) is 2.34. The Kier molecular flexibility index (Phi) is 6.23. The van der Waals surface area contributed by atoms with Gasteiger partial charge in [-0.15, -0.1) is 0 Å². The van der Waals surface area contributed by atoms with Gasteiger partial charge in [-0.1, -0.05) is 11.6 Å². The van der Waals surface area contributed by atoms with Gasteiger partial charge >= 0.3 is 0 Å². The molecule has 1 aliphatic heterocycles. The number of anilines is 1. The Labute approximate surface area is 170 Å². The van der Waals surface area contributed by atoms with Crippen molar-refractivity contribution in [2.24, 2.45) is 0 Å². The molecule has 1 fully saturated rings. The van der Waals surface area contributed by atoms with E-state index in [1.165, 1.54) is 6.08 Å². The first kappa shape index (κ1) is 19.8. The lowest BCUT2D eigenvalue weighted by atomic mass is 10.2. The van der Waals surface area contributed by atoms with E-state index in [1.807, 2.05) is 0 Å². The molecule has 0 spiro atoms. The van der Waals surface area contributed by atoms with Crippen LogP contribution in [0, 0.1) is 0 Å². The van der Waals surface area contributed by atoms with Crippen LogP contribution in [0.3, 0.4) is 0 Å². The molecule has 3 amide bonds. The molecule has 3 rings (SSSR count). The van der Waals surface area contributed by atoms with Crippen molar-refractivity contribution in [2.75, 3.05) is 19.0 Å². The van der Waals surface area contributed by atoms with Gasteiger partial charge in [-0.2, -0.15) is 0 Å². The summed E-state index contributed by atoms with van der Waals surface area (Å²) in [5.74, 6) is 0.190. The van der Waals surface area contributed by atoms with Gasteiger partial charge in [0.15, 0.2) is 6.61 Å². The average Bonchev–Trinajstić information content (AvgIpc) is 2.98. The largest absolute Gasteiger partial charge is 0.497 e. The van der Waals surface area contributed by atoms with Crippen LogP contribution in [0.15, 0.2) is 47.4 Å². The van der Waals surface area contributed by atoms with Crippen molar-refractivity contribution < 1.29 is 23.9 Å². The van der Waals surface area contributed by atoms with Gasteiger partial charge < -0.3 is 14.8 Å². The highest BCUT2D eigenvalue weighted by Crippen LogP contribution is 2.30. The summed E-state index contributed by atoms with van der Waals surface area (Å²) in [6, 6.07) is 11.7. The molecule has 0 saturated carbocycles.